The summed E-state index contributed by atoms with van der Waals surface area (Å²) in [4.78, 5) is 10.6. The van der Waals surface area contributed by atoms with Crippen LogP contribution in [0.3, 0.4) is 0 Å². The van der Waals surface area contributed by atoms with Crippen LogP contribution in [-0.4, -0.2) is 43.1 Å². The van der Waals surface area contributed by atoms with Crippen molar-refractivity contribution < 1.29 is 24.2 Å². The van der Waals surface area contributed by atoms with E-state index in [1.165, 1.54) is 6.07 Å². The van der Waals surface area contributed by atoms with Crippen LogP contribution >= 0.6 is 0 Å². The molecular formula is C12H13NO6. The molecule has 1 fully saturated rings. The van der Waals surface area contributed by atoms with E-state index in [4.69, 9.17) is 14.2 Å². The first-order valence-corrected chi connectivity index (χ1v) is 5.93. The van der Waals surface area contributed by atoms with Gasteiger partial charge in [-0.15, -0.1) is 0 Å². The second-order valence-electron chi connectivity index (χ2n) is 4.71. The van der Waals surface area contributed by atoms with Crippen LogP contribution in [0, 0.1) is 10.1 Å². The Hall–Kier alpha value is -1.86. The summed E-state index contributed by atoms with van der Waals surface area (Å²) < 4.78 is 15.8. The molecule has 0 saturated carbocycles. The zero-order chi connectivity index (χ0) is 13.5. The number of aliphatic hydroxyl groups excluding tert-OH is 1. The average molecular weight is 267 g/mol. The first-order chi connectivity index (χ1) is 9.16. The highest BCUT2D eigenvalue weighted by Crippen LogP contribution is 2.44. The highest BCUT2D eigenvalue weighted by molar-refractivity contribution is 5.60. The summed E-state index contributed by atoms with van der Waals surface area (Å²) in [5.41, 5.74) is -0.0511. The molecule has 3 rings (SSSR count). The van der Waals surface area contributed by atoms with E-state index in [1.54, 1.807) is 6.07 Å². The Balaban J connectivity index is 2.11. The van der Waals surface area contributed by atoms with Gasteiger partial charge in [0.05, 0.1) is 30.2 Å². The third kappa shape index (κ3) is 1.82. The van der Waals surface area contributed by atoms with Crippen molar-refractivity contribution >= 4 is 5.69 Å². The predicted octanol–water partition coefficient (Wildman–Crippen LogP) is 0.626. The van der Waals surface area contributed by atoms with Gasteiger partial charge in [-0.2, -0.15) is 0 Å². The lowest BCUT2D eigenvalue weighted by Gasteiger charge is -2.40. The second kappa shape index (κ2) is 4.36. The number of ether oxygens (including phenoxy) is 3. The number of nitro benzene ring substituents is 1. The van der Waals surface area contributed by atoms with Crippen LogP contribution in [0.5, 0.6) is 11.5 Å². The molecule has 1 N–H and O–H groups in total. The predicted molar refractivity (Wildman–Crippen MR) is 63.7 cm³/mol. The molecule has 0 atom stereocenters. The zero-order valence-corrected chi connectivity index (χ0v) is 10.1. The molecule has 0 radical (unpaired) electrons. The molecular weight excluding hydrogens is 254 g/mol. The molecule has 0 aromatic heterocycles. The van der Waals surface area contributed by atoms with Gasteiger partial charge in [0.15, 0.2) is 5.75 Å². The van der Waals surface area contributed by atoms with Crippen molar-refractivity contribution in [3.05, 3.63) is 27.8 Å². The molecule has 19 heavy (non-hydrogen) atoms. The van der Waals surface area contributed by atoms with Crippen molar-refractivity contribution in [1.82, 2.24) is 0 Å². The monoisotopic (exact) mass is 267 g/mol. The summed E-state index contributed by atoms with van der Waals surface area (Å²) in [5, 5.41) is 20.6. The summed E-state index contributed by atoms with van der Waals surface area (Å²) in [6, 6.07) is 3.13. The lowest BCUT2D eigenvalue weighted by Crippen LogP contribution is -2.49. The van der Waals surface area contributed by atoms with Crippen molar-refractivity contribution in [3.8, 4) is 11.5 Å². The molecule has 0 bridgehead atoms. The summed E-state index contributed by atoms with van der Waals surface area (Å²) >= 11 is 0. The molecule has 0 unspecified atom stereocenters. The average Bonchev–Trinajstić information content (AvgIpc) is 2.37. The van der Waals surface area contributed by atoms with Crippen molar-refractivity contribution in [1.29, 1.82) is 0 Å². The molecule has 7 nitrogen and oxygen atoms in total. The van der Waals surface area contributed by atoms with E-state index in [2.05, 4.69) is 0 Å². The molecule has 2 aliphatic rings. The minimum absolute atomic E-state index is 0.121. The summed E-state index contributed by atoms with van der Waals surface area (Å²) in [6.07, 6.45) is 0. The Morgan fingerprint density at radius 2 is 2.05 bits per heavy atom. The van der Waals surface area contributed by atoms with Gasteiger partial charge in [0.1, 0.15) is 13.2 Å². The number of benzene rings is 1. The SMILES string of the molecule is O=[N+]([O-])c1cc(C2(CO)COC2)cc2c1OCCO2. The van der Waals surface area contributed by atoms with Crippen LogP contribution in [0.4, 0.5) is 5.69 Å². The Kier molecular flexibility index (Phi) is 2.79. The maximum atomic E-state index is 11.1. The number of hydrogen-bond donors (Lipinski definition) is 1. The van der Waals surface area contributed by atoms with Gasteiger partial charge in [-0.05, 0) is 11.6 Å². The van der Waals surface area contributed by atoms with Gasteiger partial charge in [-0.3, -0.25) is 10.1 Å². The molecule has 2 heterocycles. The second-order valence-corrected chi connectivity index (χ2v) is 4.71. The standard InChI is InChI=1S/C12H13NO6/c14-5-12(6-17-7-12)8-3-9(13(15)16)11-10(4-8)18-1-2-19-11/h3-4,14H,1-2,5-7H2. The minimum atomic E-state index is -0.569. The number of aliphatic hydroxyl groups is 1. The minimum Gasteiger partial charge on any atom is -0.486 e. The van der Waals surface area contributed by atoms with Gasteiger partial charge < -0.3 is 19.3 Å². The number of hydrogen-bond acceptors (Lipinski definition) is 6. The molecule has 102 valence electrons. The first kappa shape index (κ1) is 12.2. The maximum Gasteiger partial charge on any atom is 0.315 e. The van der Waals surface area contributed by atoms with E-state index in [9.17, 15) is 15.2 Å². The maximum absolute atomic E-state index is 11.1. The number of fused-ring (bicyclic) bond motifs is 1. The lowest BCUT2D eigenvalue weighted by molar-refractivity contribution is -0.386. The third-order valence-corrected chi connectivity index (χ3v) is 3.49. The molecule has 1 aromatic carbocycles. The first-order valence-electron chi connectivity index (χ1n) is 5.93. The van der Waals surface area contributed by atoms with E-state index in [0.29, 0.717) is 37.7 Å². The van der Waals surface area contributed by atoms with Gasteiger partial charge >= 0.3 is 5.69 Å². The number of nitro groups is 1. The van der Waals surface area contributed by atoms with Gasteiger partial charge in [0.25, 0.3) is 0 Å². The van der Waals surface area contributed by atoms with Crippen LogP contribution in [0.25, 0.3) is 0 Å². The van der Waals surface area contributed by atoms with Crippen molar-refractivity contribution in [2.75, 3.05) is 33.0 Å². The fraction of sp³-hybridized carbons (Fsp3) is 0.500. The molecule has 1 aromatic rings. The van der Waals surface area contributed by atoms with Gasteiger partial charge in [0.2, 0.25) is 5.75 Å². The number of nitrogens with zero attached hydrogens (tertiary/aromatic N) is 1. The molecule has 1 saturated heterocycles. The Bertz CT molecular complexity index is 520. The summed E-state index contributed by atoms with van der Waals surface area (Å²) in [7, 11) is 0. The molecule has 0 aliphatic carbocycles. The quantitative estimate of drug-likeness (QED) is 0.638. The van der Waals surface area contributed by atoms with Crippen LogP contribution in [0.15, 0.2) is 12.1 Å². The van der Waals surface area contributed by atoms with E-state index >= 15 is 0 Å². The van der Waals surface area contributed by atoms with Crippen molar-refractivity contribution in [3.63, 3.8) is 0 Å². The highest BCUT2D eigenvalue weighted by Gasteiger charge is 2.42. The topological polar surface area (TPSA) is 91.1 Å². The van der Waals surface area contributed by atoms with E-state index in [1.807, 2.05) is 0 Å². The zero-order valence-electron chi connectivity index (χ0n) is 10.1. The fourth-order valence-corrected chi connectivity index (χ4v) is 2.27. The normalized spacial score (nSPS) is 19.6. The van der Waals surface area contributed by atoms with E-state index in [-0.39, 0.29) is 18.0 Å². The van der Waals surface area contributed by atoms with Crippen LogP contribution < -0.4 is 9.47 Å². The summed E-state index contributed by atoms with van der Waals surface area (Å²) in [5.74, 6) is 0.517. The Morgan fingerprint density at radius 1 is 1.32 bits per heavy atom. The molecule has 7 heteroatoms. The molecule has 0 spiro atoms. The van der Waals surface area contributed by atoms with Crippen LogP contribution in [0.1, 0.15) is 5.56 Å². The Labute approximate surface area is 108 Å². The molecule has 2 aliphatic heterocycles. The van der Waals surface area contributed by atoms with Gasteiger partial charge in [0, 0.05) is 6.07 Å². The number of rotatable bonds is 3. The van der Waals surface area contributed by atoms with Crippen molar-refractivity contribution in [2.24, 2.45) is 0 Å². The lowest BCUT2D eigenvalue weighted by atomic mass is 9.79. The highest BCUT2D eigenvalue weighted by atomic mass is 16.6. The van der Waals surface area contributed by atoms with E-state index < -0.39 is 10.3 Å². The smallest absolute Gasteiger partial charge is 0.315 e. The largest absolute Gasteiger partial charge is 0.486 e. The van der Waals surface area contributed by atoms with E-state index in [0.717, 1.165) is 0 Å². The van der Waals surface area contributed by atoms with Crippen LogP contribution in [-0.2, 0) is 10.2 Å². The molecule has 0 amide bonds. The van der Waals surface area contributed by atoms with Gasteiger partial charge in [-0.25, -0.2) is 0 Å². The third-order valence-electron chi connectivity index (χ3n) is 3.49. The fourth-order valence-electron chi connectivity index (χ4n) is 2.27. The van der Waals surface area contributed by atoms with Gasteiger partial charge in [-0.1, -0.05) is 0 Å². The Morgan fingerprint density at radius 3 is 2.63 bits per heavy atom. The summed E-state index contributed by atoms with van der Waals surface area (Å²) in [6.45, 7) is 1.22. The van der Waals surface area contributed by atoms with Crippen molar-refractivity contribution in [2.45, 2.75) is 5.41 Å². The van der Waals surface area contributed by atoms with Crippen LogP contribution in [0.2, 0.25) is 0 Å².